The molecule has 2 fully saturated rings. The minimum Gasteiger partial charge on any atom is -0.377 e. The Labute approximate surface area is 103 Å². The van der Waals surface area contributed by atoms with Crippen LogP contribution in [0.15, 0.2) is 0 Å². The van der Waals surface area contributed by atoms with E-state index in [2.05, 4.69) is 10.6 Å². The lowest BCUT2D eigenvalue weighted by molar-refractivity contribution is -0.119. The number of amides is 1. The van der Waals surface area contributed by atoms with Gasteiger partial charge in [0.1, 0.15) is 0 Å². The topological polar surface area (TPSA) is 50.4 Å². The Morgan fingerprint density at radius 2 is 2.06 bits per heavy atom. The van der Waals surface area contributed by atoms with E-state index in [0.717, 1.165) is 26.1 Å². The summed E-state index contributed by atoms with van der Waals surface area (Å²) in [5, 5.41) is 6.30. The molecule has 0 radical (unpaired) electrons. The summed E-state index contributed by atoms with van der Waals surface area (Å²) < 4.78 is 5.82. The molecule has 4 nitrogen and oxygen atoms in total. The van der Waals surface area contributed by atoms with E-state index in [1.165, 1.54) is 32.1 Å². The zero-order valence-electron chi connectivity index (χ0n) is 10.5. The maximum atomic E-state index is 11.0. The molecule has 1 unspecified atom stereocenters. The van der Waals surface area contributed by atoms with Gasteiger partial charge >= 0.3 is 0 Å². The fourth-order valence-electron chi connectivity index (χ4n) is 2.64. The van der Waals surface area contributed by atoms with E-state index < -0.39 is 0 Å². The second kappa shape index (κ2) is 6.97. The van der Waals surface area contributed by atoms with E-state index in [1.54, 1.807) is 0 Å². The molecule has 0 aromatic rings. The number of carbonyl (C=O) groups is 1. The van der Waals surface area contributed by atoms with Gasteiger partial charge in [-0.15, -0.1) is 0 Å². The number of rotatable bonds is 6. The van der Waals surface area contributed by atoms with Gasteiger partial charge < -0.3 is 15.4 Å². The predicted octanol–water partition coefficient (Wildman–Crippen LogP) is 1.20. The summed E-state index contributed by atoms with van der Waals surface area (Å²) in [5.41, 5.74) is 0. The molecule has 17 heavy (non-hydrogen) atoms. The maximum Gasteiger partial charge on any atom is 0.220 e. The zero-order chi connectivity index (χ0) is 11.9. The molecule has 1 atom stereocenters. The number of hydrogen-bond donors (Lipinski definition) is 2. The highest BCUT2D eigenvalue weighted by Crippen LogP contribution is 2.19. The molecular weight excluding hydrogens is 216 g/mol. The van der Waals surface area contributed by atoms with Crippen molar-refractivity contribution >= 4 is 5.91 Å². The van der Waals surface area contributed by atoms with Gasteiger partial charge in [-0.05, 0) is 19.3 Å². The first-order chi connectivity index (χ1) is 8.34. The summed E-state index contributed by atoms with van der Waals surface area (Å²) in [6.45, 7) is 2.56. The van der Waals surface area contributed by atoms with Crippen molar-refractivity contribution in [3.8, 4) is 0 Å². The quantitative estimate of drug-likeness (QED) is 0.686. The molecule has 1 saturated heterocycles. The van der Waals surface area contributed by atoms with Crippen LogP contribution in [0.3, 0.4) is 0 Å². The largest absolute Gasteiger partial charge is 0.377 e. The first kappa shape index (κ1) is 12.8. The van der Waals surface area contributed by atoms with Crippen LogP contribution < -0.4 is 10.6 Å². The predicted molar refractivity (Wildman–Crippen MR) is 66.9 cm³/mol. The third kappa shape index (κ3) is 4.64. The Bertz CT molecular complexity index is 240. The lowest BCUT2D eigenvalue weighted by Gasteiger charge is -2.22. The van der Waals surface area contributed by atoms with Gasteiger partial charge in [-0.2, -0.15) is 0 Å². The number of hydrogen-bond acceptors (Lipinski definition) is 3. The number of nitrogens with one attached hydrogen (secondary N) is 2. The first-order valence-electron chi connectivity index (χ1n) is 6.96. The lowest BCUT2D eigenvalue weighted by Crippen LogP contribution is -2.37. The Kier molecular flexibility index (Phi) is 5.26. The van der Waals surface area contributed by atoms with Crippen molar-refractivity contribution in [2.75, 3.05) is 19.7 Å². The van der Waals surface area contributed by atoms with Gasteiger partial charge in [-0.25, -0.2) is 0 Å². The van der Waals surface area contributed by atoms with Crippen molar-refractivity contribution in [3.63, 3.8) is 0 Å². The fourth-order valence-corrected chi connectivity index (χ4v) is 2.64. The molecule has 1 amide bonds. The molecular formula is C13H24N2O2. The summed E-state index contributed by atoms with van der Waals surface area (Å²) >= 11 is 0. The summed E-state index contributed by atoms with van der Waals surface area (Å²) in [4.78, 5) is 11.0. The molecule has 1 heterocycles. The van der Waals surface area contributed by atoms with Gasteiger partial charge in [0, 0.05) is 25.6 Å². The lowest BCUT2D eigenvalue weighted by atomic mass is 9.98. The smallest absolute Gasteiger partial charge is 0.220 e. The van der Waals surface area contributed by atoms with E-state index >= 15 is 0 Å². The summed E-state index contributed by atoms with van der Waals surface area (Å²) in [7, 11) is 0. The van der Waals surface area contributed by atoms with E-state index in [1.807, 2.05) is 0 Å². The van der Waals surface area contributed by atoms with E-state index in [0.29, 0.717) is 18.6 Å². The Morgan fingerprint density at radius 3 is 2.76 bits per heavy atom. The van der Waals surface area contributed by atoms with Crippen molar-refractivity contribution in [2.45, 2.75) is 57.1 Å². The van der Waals surface area contributed by atoms with Gasteiger partial charge in [0.15, 0.2) is 0 Å². The Hall–Kier alpha value is -0.610. The normalized spacial score (nSPS) is 26.1. The van der Waals surface area contributed by atoms with E-state index in [-0.39, 0.29) is 5.91 Å². The summed E-state index contributed by atoms with van der Waals surface area (Å²) in [6.07, 6.45) is 8.65. The highest BCUT2D eigenvalue weighted by Gasteiger charge is 2.19. The Morgan fingerprint density at radius 1 is 1.24 bits per heavy atom. The van der Waals surface area contributed by atoms with Crippen molar-refractivity contribution in [1.29, 1.82) is 0 Å². The van der Waals surface area contributed by atoms with Gasteiger partial charge in [0.05, 0.1) is 12.7 Å². The van der Waals surface area contributed by atoms with Crippen LogP contribution in [-0.2, 0) is 9.53 Å². The second-order valence-corrected chi connectivity index (χ2v) is 5.14. The number of carbonyl (C=O) groups excluding carboxylic acids is 1. The number of ether oxygens (including phenoxy) is 1. The monoisotopic (exact) mass is 240 g/mol. The minimum atomic E-state index is 0.190. The van der Waals surface area contributed by atoms with Crippen molar-refractivity contribution in [3.05, 3.63) is 0 Å². The first-order valence-corrected chi connectivity index (χ1v) is 6.96. The molecule has 4 heteroatoms. The Balaban J connectivity index is 1.44. The molecule has 1 saturated carbocycles. The van der Waals surface area contributed by atoms with Gasteiger partial charge in [-0.3, -0.25) is 4.79 Å². The molecule has 0 aromatic heterocycles. The average molecular weight is 240 g/mol. The highest BCUT2D eigenvalue weighted by atomic mass is 16.5. The molecule has 0 bridgehead atoms. The molecule has 0 aromatic carbocycles. The average Bonchev–Trinajstić information content (AvgIpc) is 2.76. The van der Waals surface area contributed by atoms with Crippen LogP contribution in [0.5, 0.6) is 0 Å². The molecule has 0 spiro atoms. The highest BCUT2D eigenvalue weighted by molar-refractivity contribution is 5.78. The molecule has 98 valence electrons. The van der Waals surface area contributed by atoms with Crippen LogP contribution in [-0.4, -0.2) is 37.7 Å². The summed E-state index contributed by atoms with van der Waals surface area (Å²) in [5.74, 6) is 0.190. The zero-order valence-corrected chi connectivity index (χ0v) is 10.5. The molecule has 1 aliphatic carbocycles. The van der Waals surface area contributed by atoms with Gasteiger partial charge in [-0.1, -0.05) is 19.3 Å². The van der Waals surface area contributed by atoms with Gasteiger partial charge in [0.25, 0.3) is 0 Å². The van der Waals surface area contributed by atoms with E-state index in [4.69, 9.17) is 4.74 Å². The SMILES string of the molecule is O=C1CCC(CNCCOC2CCCCC2)N1. The van der Waals surface area contributed by atoms with Crippen molar-refractivity contribution in [1.82, 2.24) is 10.6 Å². The van der Waals surface area contributed by atoms with Gasteiger partial charge in [0.2, 0.25) is 5.91 Å². The second-order valence-electron chi connectivity index (χ2n) is 5.14. The fraction of sp³-hybridized carbons (Fsp3) is 0.923. The van der Waals surface area contributed by atoms with Crippen molar-refractivity contribution in [2.24, 2.45) is 0 Å². The van der Waals surface area contributed by atoms with Crippen LogP contribution in [0, 0.1) is 0 Å². The van der Waals surface area contributed by atoms with Crippen LogP contribution in [0.1, 0.15) is 44.9 Å². The van der Waals surface area contributed by atoms with Crippen LogP contribution >= 0.6 is 0 Å². The van der Waals surface area contributed by atoms with Crippen LogP contribution in [0.25, 0.3) is 0 Å². The molecule has 2 rings (SSSR count). The summed E-state index contributed by atoms with van der Waals surface area (Å²) in [6, 6.07) is 0.331. The van der Waals surface area contributed by atoms with Crippen LogP contribution in [0.2, 0.25) is 0 Å². The molecule has 1 aliphatic heterocycles. The minimum absolute atomic E-state index is 0.190. The maximum absolute atomic E-state index is 11.0. The standard InChI is InChI=1S/C13H24N2O2/c16-13-7-6-11(15-13)10-14-8-9-17-12-4-2-1-3-5-12/h11-12,14H,1-10H2,(H,15,16). The molecule has 2 N–H and O–H groups in total. The molecule has 2 aliphatic rings. The third-order valence-corrected chi connectivity index (χ3v) is 3.66. The van der Waals surface area contributed by atoms with Crippen molar-refractivity contribution < 1.29 is 9.53 Å². The third-order valence-electron chi connectivity index (χ3n) is 3.66. The van der Waals surface area contributed by atoms with E-state index in [9.17, 15) is 4.79 Å². The van der Waals surface area contributed by atoms with Crippen LogP contribution in [0.4, 0.5) is 0 Å².